The summed E-state index contributed by atoms with van der Waals surface area (Å²) >= 11 is 0. The van der Waals surface area contributed by atoms with Gasteiger partial charge in [0.15, 0.2) is 0 Å². The molecule has 0 aromatic heterocycles. The van der Waals surface area contributed by atoms with Crippen LogP contribution in [0.3, 0.4) is 0 Å². The Balaban J connectivity index is 1.83. The van der Waals surface area contributed by atoms with Gasteiger partial charge in [0.2, 0.25) is 0 Å². The molecule has 1 aromatic rings. The molecule has 1 aromatic carbocycles. The summed E-state index contributed by atoms with van der Waals surface area (Å²) in [5.41, 5.74) is -0.218. The minimum Gasteiger partial charge on any atom is -0.385 e. The van der Waals surface area contributed by atoms with Gasteiger partial charge in [0.1, 0.15) is 11.4 Å². The lowest BCUT2D eigenvalue weighted by molar-refractivity contribution is -0.177. The Morgan fingerprint density at radius 2 is 1.96 bits per heavy atom. The topological polar surface area (TPSA) is 32.7 Å². The van der Waals surface area contributed by atoms with Crippen molar-refractivity contribution >= 4 is 5.69 Å². The molecule has 2 fully saturated rings. The van der Waals surface area contributed by atoms with Gasteiger partial charge in [-0.25, -0.2) is 4.39 Å². The molecule has 0 bridgehead atoms. The van der Waals surface area contributed by atoms with Gasteiger partial charge in [-0.05, 0) is 49.9 Å². The number of likely N-dealkylation sites (N-methyl/N-ethyl adjacent to an activating group) is 1. The summed E-state index contributed by atoms with van der Waals surface area (Å²) in [5, 5.41) is 11.6. The van der Waals surface area contributed by atoms with Crippen LogP contribution in [0.15, 0.2) is 24.3 Å². The number of hydrogen-bond donors (Lipinski definition) is 1. The summed E-state index contributed by atoms with van der Waals surface area (Å²) < 4.78 is 19.2. The van der Waals surface area contributed by atoms with Gasteiger partial charge in [-0.3, -0.25) is 0 Å². The predicted molar refractivity (Wildman–Crippen MR) is 90.2 cm³/mol. The van der Waals surface area contributed by atoms with Crippen LogP contribution in [-0.2, 0) is 4.74 Å². The van der Waals surface area contributed by atoms with Crippen LogP contribution in [0.5, 0.6) is 0 Å². The maximum Gasteiger partial charge on any atom is 0.123 e. The van der Waals surface area contributed by atoms with E-state index in [0.29, 0.717) is 6.61 Å². The Bertz CT molecular complexity index is 529. The van der Waals surface area contributed by atoms with E-state index >= 15 is 0 Å². The van der Waals surface area contributed by atoms with Crippen LogP contribution in [0, 0.1) is 5.82 Å². The van der Waals surface area contributed by atoms with Gasteiger partial charge in [-0.1, -0.05) is 26.2 Å². The molecule has 1 saturated heterocycles. The normalized spacial score (nSPS) is 28.8. The third-order valence-corrected chi connectivity index (χ3v) is 5.68. The molecule has 1 aliphatic carbocycles. The summed E-state index contributed by atoms with van der Waals surface area (Å²) in [6, 6.07) is 6.55. The molecule has 23 heavy (non-hydrogen) atoms. The fourth-order valence-electron chi connectivity index (χ4n) is 4.13. The molecule has 4 heteroatoms. The van der Waals surface area contributed by atoms with Crippen molar-refractivity contribution in [3.05, 3.63) is 30.1 Å². The molecule has 128 valence electrons. The van der Waals surface area contributed by atoms with Gasteiger partial charge in [-0.15, -0.1) is 0 Å². The van der Waals surface area contributed by atoms with Crippen molar-refractivity contribution in [2.45, 2.75) is 69.1 Å². The first kappa shape index (κ1) is 16.7. The zero-order valence-electron chi connectivity index (χ0n) is 14.2. The van der Waals surface area contributed by atoms with Crippen molar-refractivity contribution in [2.75, 3.05) is 18.6 Å². The number of benzene rings is 1. The zero-order chi connectivity index (χ0) is 16.5. The highest BCUT2D eigenvalue weighted by atomic mass is 19.1. The lowest BCUT2D eigenvalue weighted by Crippen LogP contribution is -2.64. The highest BCUT2D eigenvalue weighted by molar-refractivity contribution is 5.48. The first-order valence-corrected chi connectivity index (χ1v) is 8.87. The van der Waals surface area contributed by atoms with Crippen molar-refractivity contribution in [3.8, 4) is 0 Å². The standard InChI is InChI=1S/C19H28FNO2/c1-3-4-5-11-19(22)17(10-14-23-18(19)12-13-18)21(2)16-8-6-15(20)7-9-16/h6-9,17,22H,3-5,10-14H2,1-2H3. The maximum atomic E-state index is 13.2. The van der Waals surface area contributed by atoms with Crippen molar-refractivity contribution < 1.29 is 14.2 Å². The summed E-state index contributed by atoms with van der Waals surface area (Å²) in [5.74, 6) is -0.231. The minimum atomic E-state index is -0.816. The van der Waals surface area contributed by atoms with E-state index in [2.05, 4.69) is 11.8 Å². The summed E-state index contributed by atoms with van der Waals surface area (Å²) in [6.07, 6.45) is 6.77. The van der Waals surface area contributed by atoms with Gasteiger partial charge >= 0.3 is 0 Å². The molecule has 0 radical (unpaired) electrons. The van der Waals surface area contributed by atoms with Crippen LogP contribution < -0.4 is 4.90 Å². The van der Waals surface area contributed by atoms with Gasteiger partial charge in [-0.2, -0.15) is 0 Å². The number of anilines is 1. The van der Waals surface area contributed by atoms with Crippen molar-refractivity contribution in [1.29, 1.82) is 0 Å². The average molecular weight is 321 g/mol. The molecule has 1 heterocycles. The van der Waals surface area contributed by atoms with Crippen molar-refractivity contribution in [3.63, 3.8) is 0 Å². The van der Waals surface area contributed by atoms with Crippen LogP contribution in [0.25, 0.3) is 0 Å². The first-order valence-electron chi connectivity index (χ1n) is 8.87. The van der Waals surface area contributed by atoms with E-state index in [1.165, 1.54) is 12.1 Å². The Labute approximate surface area is 138 Å². The van der Waals surface area contributed by atoms with E-state index in [1.54, 1.807) is 12.1 Å². The second kappa shape index (κ2) is 6.40. The Kier molecular flexibility index (Phi) is 4.65. The maximum absolute atomic E-state index is 13.2. The Morgan fingerprint density at radius 1 is 1.26 bits per heavy atom. The fraction of sp³-hybridized carbons (Fsp3) is 0.684. The molecule has 3 rings (SSSR count). The van der Waals surface area contributed by atoms with E-state index in [-0.39, 0.29) is 17.5 Å². The quantitative estimate of drug-likeness (QED) is 0.807. The minimum absolute atomic E-state index is 0.0149. The zero-order valence-corrected chi connectivity index (χ0v) is 14.2. The van der Waals surface area contributed by atoms with E-state index in [0.717, 1.165) is 50.6 Å². The van der Waals surface area contributed by atoms with Crippen molar-refractivity contribution in [1.82, 2.24) is 0 Å². The van der Waals surface area contributed by atoms with Gasteiger partial charge in [0.05, 0.1) is 11.6 Å². The molecule has 2 aliphatic rings. The predicted octanol–water partition coefficient (Wildman–Crippen LogP) is 3.89. The first-order chi connectivity index (χ1) is 11.0. The van der Waals surface area contributed by atoms with Crippen LogP contribution in [0.1, 0.15) is 51.9 Å². The highest BCUT2D eigenvalue weighted by Crippen LogP contribution is 2.55. The van der Waals surface area contributed by atoms with Gasteiger partial charge in [0.25, 0.3) is 0 Å². The molecular weight excluding hydrogens is 293 g/mol. The second-order valence-corrected chi connectivity index (χ2v) is 7.12. The fourth-order valence-corrected chi connectivity index (χ4v) is 4.13. The smallest absolute Gasteiger partial charge is 0.123 e. The van der Waals surface area contributed by atoms with Crippen LogP contribution in [-0.4, -0.2) is 36.0 Å². The summed E-state index contributed by atoms with van der Waals surface area (Å²) in [4.78, 5) is 2.12. The third kappa shape index (κ3) is 2.99. The van der Waals surface area contributed by atoms with E-state index in [9.17, 15) is 9.50 Å². The molecular formula is C19H28FNO2. The number of halogens is 1. The number of nitrogens with zero attached hydrogens (tertiary/aromatic N) is 1. The third-order valence-electron chi connectivity index (χ3n) is 5.68. The molecule has 1 saturated carbocycles. The summed E-state index contributed by atoms with van der Waals surface area (Å²) in [7, 11) is 2.00. The van der Waals surface area contributed by atoms with Gasteiger partial charge in [0, 0.05) is 19.3 Å². The van der Waals surface area contributed by atoms with Gasteiger partial charge < -0.3 is 14.7 Å². The molecule has 1 spiro atoms. The number of aliphatic hydroxyl groups is 1. The van der Waals surface area contributed by atoms with Crippen LogP contribution in [0.4, 0.5) is 10.1 Å². The van der Waals surface area contributed by atoms with Crippen LogP contribution in [0.2, 0.25) is 0 Å². The Morgan fingerprint density at radius 3 is 2.57 bits per heavy atom. The average Bonchev–Trinajstić information content (AvgIpc) is 3.32. The molecule has 2 atom stereocenters. The number of unbranched alkanes of at least 4 members (excludes halogenated alkanes) is 2. The highest BCUT2D eigenvalue weighted by Gasteiger charge is 2.65. The number of hydrogen-bond acceptors (Lipinski definition) is 3. The Hall–Kier alpha value is -1.13. The van der Waals surface area contributed by atoms with E-state index in [1.807, 2.05) is 7.05 Å². The van der Waals surface area contributed by atoms with Crippen molar-refractivity contribution in [2.24, 2.45) is 0 Å². The largest absolute Gasteiger partial charge is 0.385 e. The molecule has 1 aliphatic heterocycles. The molecule has 2 unspecified atom stereocenters. The van der Waals surface area contributed by atoms with Crippen LogP contribution >= 0.6 is 0 Å². The van der Waals surface area contributed by atoms with E-state index in [4.69, 9.17) is 4.74 Å². The summed E-state index contributed by atoms with van der Waals surface area (Å²) in [6.45, 7) is 2.86. The number of ether oxygens (including phenoxy) is 1. The molecule has 3 nitrogen and oxygen atoms in total. The van der Waals surface area contributed by atoms with E-state index < -0.39 is 5.60 Å². The second-order valence-electron chi connectivity index (χ2n) is 7.12. The monoisotopic (exact) mass is 321 g/mol. The number of rotatable bonds is 6. The lowest BCUT2D eigenvalue weighted by atomic mass is 9.77. The SMILES string of the molecule is CCCCCC1(O)C(N(C)c2ccc(F)cc2)CCOC12CC2. The lowest BCUT2D eigenvalue weighted by Gasteiger charge is -2.50. The molecule has 0 amide bonds. The molecule has 1 N–H and O–H groups in total.